The first-order valence-electron chi connectivity index (χ1n) is 4.90. The minimum Gasteiger partial charge on any atom is -0.377 e. The molecule has 0 aliphatic heterocycles. The number of aromatic amines is 1. The van der Waals surface area contributed by atoms with Crippen LogP contribution in [0.1, 0.15) is 23.9 Å². The summed E-state index contributed by atoms with van der Waals surface area (Å²) in [4.78, 5) is 7.01. The average molecular weight is 202 g/mol. The molecule has 0 saturated carbocycles. The molecule has 1 aromatic carbocycles. The van der Waals surface area contributed by atoms with Crippen molar-refractivity contribution in [2.75, 3.05) is 0 Å². The maximum atomic E-state index is 10.3. The van der Waals surface area contributed by atoms with Crippen LogP contribution in [0.3, 0.4) is 0 Å². The van der Waals surface area contributed by atoms with Crippen molar-refractivity contribution >= 4 is 0 Å². The molecule has 1 unspecified atom stereocenters. The summed E-state index contributed by atoms with van der Waals surface area (Å²) < 4.78 is 0. The summed E-state index contributed by atoms with van der Waals surface area (Å²) in [6, 6.07) is 7.79. The number of nitrogens with one attached hydrogen (secondary N) is 1. The number of hydrogen-bond donors (Lipinski definition) is 2. The van der Waals surface area contributed by atoms with Crippen molar-refractivity contribution in [3.8, 4) is 0 Å². The molecule has 2 aromatic rings. The Morgan fingerprint density at radius 2 is 1.93 bits per heavy atom. The highest BCUT2D eigenvalue weighted by molar-refractivity contribution is 5.30. The predicted molar refractivity (Wildman–Crippen MR) is 58.4 cm³/mol. The van der Waals surface area contributed by atoms with Crippen LogP contribution >= 0.6 is 0 Å². The predicted octanol–water partition coefficient (Wildman–Crippen LogP) is 1.97. The van der Waals surface area contributed by atoms with E-state index in [1.165, 1.54) is 5.56 Å². The fourth-order valence-electron chi connectivity index (χ4n) is 1.55. The molecule has 3 nitrogen and oxygen atoms in total. The second kappa shape index (κ2) is 3.51. The molecule has 1 heterocycles. The van der Waals surface area contributed by atoms with Gasteiger partial charge in [-0.1, -0.05) is 29.8 Å². The Kier molecular flexibility index (Phi) is 2.32. The third-order valence-electron chi connectivity index (χ3n) is 2.57. The SMILES string of the molecule is Cc1ccc(C(C)(O)c2ncc[nH]2)cc1. The van der Waals surface area contributed by atoms with Crippen molar-refractivity contribution in [1.29, 1.82) is 0 Å². The smallest absolute Gasteiger partial charge is 0.144 e. The molecular formula is C12H14N2O. The monoisotopic (exact) mass is 202 g/mol. The van der Waals surface area contributed by atoms with Crippen LogP contribution in [0.5, 0.6) is 0 Å². The average Bonchev–Trinajstić information content (AvgIpc) is 2.71. The molecular weight excluding hydrogens is 188 g/mol. The van der Waals surface area contributed by atoms with Gasteiger partial charge in [0, 0.05) is 12.4 Å². The van der Waals surface area contributed by atoms with E-state index < -0.39 is 5.60 Å². The molecule has 0 bridgehead atoms. The number of nitrogens with zero attached hydrogens (tertiary/aromatic N) is 1. The molecule has 0 spiro atoms. The first-order valence-corrected chi connectivity index (χ1v) is 4.90. The van der Waals surface area contributed by atoms with Crippen LogP contribution in [0, 0.1) is 6.92 Å². The van der Waals surface area contributed by atoms with Gasteiger partial charge in [0.05, 0.1) is 0 Å². The fraction of sp³-hybridized carbons (Fsp3) is 0.250. The molecule has 15 heavy (non-hydrogen) atoms. The Balaban J connectivity index is 2.41. The van der Waals surface area contributed by atoms with E-state index >= 15 is 0 Å². The van der Waals surface area contributed by atoms with Crippen LogP contribution in [-0.2, 0) is 5.60 Å². The van der Waals surface area contributed by atoms with Gasteiger partial charge in [0.15, 0.2) is 0 Å². The van der Waals surface area contributed by atoms with Crippen LogP contribution < -0.4 is 0 Å². The second-order valence-electron chi connectivity index (χ2n) is 3.88. The number of aromatic nitrogens is 2. The fourth-order valence-corrected chi connectivity index (χ4v) is 1.55. The minimum atomic E-state index is -1.06. The van der Waals surface area contributed by atoms with Gasteiger partial charge in [0.1, 0.15) is 11.4 Å². The van der Waals surface area contributed by atoms with E-state index in [0.717, 1.165) is 5.56 Å². The summed E-state index contributed by atoms with van der Waals surface area (Å²) in [6.07, 6.45) is 3.34. The highest BCUT2D eigenvalue weighted by Crippen LogP contribution is 2.26. The zero-order valence-corrected chi connectivity index (χ0v) is 8.86. The third kappa shape index (κ3) is 1.78. The Labute approximate surface area is 88.8 Å². The number of aliphatic hydroxyl groups is 1. The van der Waals surface area contributed by atoms with Gasteiger partial charge in [-0.05, 0) is 19.4 Å². The highest BCUT2D eigenvalue weighted by Gasteiger charge is 2.27. The van der Waals surface area contributed by atoms with Crippen LogP contribution in [0.2, 0.25) is 0 Å². The molecule has 0 aliphatic rings. The van der Waals surface area contributed by atoms with Crippen molar-refractivity contribution in [1.82, 2.24) is 9.97 Å². The maximum absolute atomic E-state index is 10.3. The Bertz CT molecular complexity index is 429. The summed E-state index contributed by atoms with van der Waals surface area (Å²) in [5.74, 6) is 0.561. The van der Waals surface area contributed by atoms with Gasteiger partial charge in [-0.25, -0.2) is 4.98 Å². The lowest BCUT2D eigenvalue weighted by Crippen LogP contribution is -2.24. The first kappa shape index (κ1) is 9.93. The molecule has 0 saturated heterocycles. The van der Waals surface area contributed by atoms with E-state index in [9.17, 15) is 5.11 Å². The molecule has 1 aromatic heterocycles. The van der Waals surface area contributed by atoms with E-state index in [-0.39, 0.29) is 0 Å². The summed E-state index contributed by atoms with van der Waals surface area (Å²) in [7, 11) is 0. The normalized spacial score (nSPS) is 14.9. The lowest BCUT2D eigenvalue weighted by Gasteiger charge is -2.21. The molecule has 2 rings (SSSR count). The zero-order chi connectivity index (χ0) is 10.9. The Hall–Kier alpha value is -1.61. The summed E-state index contributed by atoms with van der Waals surface area (Å²) in [6.45, 7) is 3.75. The third-order valence-corrected chi connectivity index (χ3v) is 2.57. The van der Waals surface area contributed by atoms with Crippen LogP contribution in [0.25, 0.3) is 0 Å². The summed E-state index contributed by atoms with van der Waals surface area (Å²) in [5.41, 5.74) is 0.953. The van der Waals surface area contributed by atoms with E-state index in [1.807, 2.05) is 31.2 Å². The highest BCUT2D eigenvalue weighted by atomic mass is 16.3. The van der Waals surface area contributed by atoms with Gasteiger partial charge < -0.3 is 10.1 Å². The zero-order valence-electron chi connectivity index (χ0n) is 8.86. The minimum absolute atomic E-state index is 0.561. The molecule has 0 fully saturated rings. The second-order valence-corrected chi connectivity index (χ2v) is 3.88. The summed E-state index contributed by atoms with van der Waals surface area (Å²) >= 11 is 0. The molecule has 0 aliphatic carbocycles. The number of benzene rings is 1. The van der Waals surface area contributed by atoms with Crippen molar-refractivity contribution in [3.63, 3.8) is 0 Å². The molecule has 78 valence electrons. The van der Waals surface area contributed by atoms with Crippen LogP contribution in [-0.4, -0.2) is 15.1 Å². The Morgan fingerprint density at radius 1 is 1.27 bits per heavy atom. The largest absolute Gasteiger partial charge is 0.377 e. The lowest BCUT2D eigenvalue weighted by molar-refractivity contribution is 0.0931. The number of imidazole rings is 1. The topological polar surface area (TPSA) is 48.9 Å². The number of aryl methyl sites for hydroxylation is 1. The number of hydrogen-bond acceptors (Lipinski definition) is 2. The van der Waals surface area contributed by atoms with E-state index in [2.05, 4.69) is 9.97 Å². The summed E-state index contributed by atoms with van der Waals surface area (Å²) in [5, 5.41) is 10.3. The number of rotatable bonds is 2. The van der Waals surface area contributed by atoms with Crippen molar-refractivity contribution in [3.05, 3.63) is 53.6 Å². The van der Waals surface area contributed by atoms with Crippen molar-refractivity contribution < 1.29 is 5.11 Å². The molecule has 0 amide bonds. The van der Waals surface area contributed by atoms with E-state index in [4.69, 9.17) is 0 Å². The van der Waals surface area contributed by atoms with Gasteiger partial charge >= 0.3 is 0 Å². The maximum Gasteiger partial charge on any atom is 0.144 e. The lowest BCUT2D eigenvalue weighted by atomic mass is 9.94. The van der Waals surface area contributed by atoms with Gasteiger partial charge in [-0.15, -0.1) is 0 Å². The van der Waals surface area contributed by atoms with Gasteiger partial charge in [-0.3, -0.25) is 0 Å². The van der Waals surface area contributed by atoms with E-state index in [1.54, 1.807) is 19.3 Å². The van der Waals surface area contributed by atoms with Crippen molar-refractivity contribution in [2.45, 2.75) is 19.4 Å². The Morgan fingerprint density at radius 3 is 2.47 bits per heavy atom. The van der Waals surface area contributed by atoms with Gasteiger partial charge in [0.2, 0.25) is 0 Å². The van der Waals surface area contributed by atoms with Gasteiger partial charge in [0.25, 0.3) is 0 Å². The molecule has 3 heteroatoms. The number of H-pyrrole nitrogens is 1. The van der Waals surface area contributed by atoms with Crippen LogP contribution in [0.4, 0.5) is 0 Å². The first-order chi connectivity index (χ1) is 7.10. The van der Waals surface area contributed by atoms with Crippen LogP contribution in [0.15, 0.2) is 36.7 Å². The molecule has 2 N–H and O–H groups in total. The van der Waals surface area contributed by atoms with Gasteiger partial charge in [-0.2, -0.15) is 0 Å². The quantitative estimate of drug-likeness (QED) is 0.782. The van der Waals surface area contributed by atoms with Crippen molar-refractivity contribution in [2.24, 2.45) is 0 Å². The standard InChI is InChI=1S/C12H14N2O/c1-9-3-5-10(6-4-9)12(2,15)11-13-7-8-14-11/h3-8,15H,1-2H3,(H,13,14). The molecule has 0 radical (unpaired) electrons. The molecule has 1 atom stereocenters. The van der Waals surface area contributed by atoms with E-state index in [0.29, 0.717) is 5.82 Å².